The topological polar surface area (TPSA) is 56.8 Å². The van der Waals surface area contributed by atoms with Crippen LogP contribution in [0.15, 0.2) is 0 Å². The second-order valence-corrected chi connectivity index (χ2v) is 3.43. The van der Waals surface area contributed by atoms with Crippen LogP contribution in [-0.4, -0.2) is 45.2 Å². The summed E-state index contributed by atoms with van der Waals surface area (Å²) in [6.07, 6.45) is 1.03. The van der Waals surface area contributed by atoms with Crippen LogP contribution in [0.3, 0.4) is 0 Å². The van der Waals surface area contributed by atoms with E-state index in [4.69, 9.17) is 14.2 Å². The monoisotopic (exact) mass is 247 g/mol. The Morgan fingerprint density at radius 2 is 1.71 bits per heavy atom. The van der Waals surface area contributed by atoms with Gasteiger partial charge in [0.2, 0.25) is 0 Å². The van der Waals surface area contributed by atoms with E-state index in [1.165, 1.54) is 0 Å². The van der Waals surface area contributed by atoms with Crippen molar-refractivity contribution in [3.63, 3.8) is 0 Å². The molecule has 5 nitrogen and oxygen atoms in total. The van der Waals surface area contributed by atoms with Crippen molar-refractivity contribution in [1.82, 2.24) is 5.32 Å². The number of carbonyl (C=O) groups excluding carboxylic acids is 1. The summed E-state index contributed by atoms with van der Waals surface area (Å²) in [5.74, 6) is -0.161. The standard InChI is InChI=1S/C12H25NO4/c1-4-15-11(14)7-9-13-10-8-12(16-5-2)17-6-3/h12-13H,4-10H2,1-3H3. The Hall–Kier alpha value is -0.650. The zero-order valence-electron chi connectivity index (χ0n) is 11.2. The molecule has 0 aromatic rings. The second kappa shape index (κ2) is 11.8. The van der Waals surface area contributed by atoms with Crippen molar-refractivity contribution < 1.29 is 19.0 Å². The molecular formula is C12H25NO4. The van der Waals surface area contributed by atoms with Crippen molar-refractivity contribution in [2.75, 3.05) is 32.9 Å². The fourth-order valence-corrected chi connectivity index (χ4v) is 1.36. The lowest BCUT2D eigenvalue weighted by Crippen LogP contribution is -2.26. The van der Waals surface area contributed by atoms with E-state index in [-0.39, 0.29) is 12.3 Å². The summed E-state index contributed by atoms with van der Waals surface area (Å²) in [5, 5.41) is 3.16. The molecule has 5 heteroatoms. The zero-order chi connectivity index (χ0) is 12.9. The lowest BCUT2D eigenvalue weighted by molar-refractivity contribution is -0.143. The molecule has 0 spiro atoms. The molecule has 0 unspecified atom stereocenters. The molecule has 0 rings (SSSR count). The molecule has 0 bridgehead atoms. The highest BCUT2D eigenvalue weighted by molar-refractivity contribution is 5.69. The molecule has 0 saturated heterocycles. The normalized spacial score (nSPS) is 10.8. The second-order valence-electron chi connectivity index (χ2n) is 3.43. The number of hydrogen-bond donors (Lipinski definition) is 1. The van der Waals surface area contributed by atoms with Crippen LogP contribution in [0.2, 0.25) is 0 Å². The van der Waals surface area contributed by atoms with E-state index >= 15 is 0 Å². The molecule has 17 heavy (non-hydrogen) atoms. The van der Waals surface area contributed by atoms with Crippen LogP contribution in [0.1, 0.15) is 33.6 Å². The minimum Gasteiger partial charge on any atom is -0.466 e. The van der Waals surface area contributed by atoms with Gasteiger partial charge in [0.25, 0.3) is 0 Å². The predicted molar refractivity (Wildman–Crippen MR) is 65.8 cm³/mol. The van der Waals surface area contributed by atoms with Gasteiger partial charge in [-0.05, 0) is 27.3 Å². The van der Waals surface area contributed by atoms with Crippen LogP contribution in [-0.2, 0) is 19.0 Å². The lowest BCUT2D eigenvalue weighted by Gasteiger charge is -2.16. The van der Waals surface area contributed by atoms with Gasteiger partial charge in [0.05, 0.1) is 13.0 Å². The van der Waals surface area contributed by atoms with Gasteiger partial charge in [0.1, 0.15) is 0 Å². The molecule has 0 fully saturated rings. The summed E-state index contributed by atoms with van der Waals surface area (Å²) in [6, 6.07) is 0. The molecule has 0 aromatic heterocycles. The van der Waals surface area contributed by atoms with Gasteiger partial charge in [0, 0.05) is 26.2 Å². The van der Waals surface area contributed by atoms with E-state index in [9.17, 15) is 4.79 Å². The first-order chi connectivity index (χ1) is 8.24. The predicted octanol–water partition coefficient (Wildman–Crippen LogP) is 1.32. The Kier molecular flexibility index (Phi) is 11.4. The summed E-state index contributed by atoms with van der Waals surface area (Å²) >= 11 is 0. The molecule has 0 aliphatic rings. The fourth-order valence-electron chi connectivity index (χ4n) is 1.36. The zero-order valence-corrected chi connectivity index (χ0v) is 11.2. The molecule has 0 heterocycles. The smallest absolute Gasteiger partial charge is 0.307 e. The van der Waals surface area contributed by atoms with Crippen molar-refractivity contribution in [2.45, 2.75) is 39.9 Å². The molecule has 0 aliphatic heterocycles. The largest absolute Gasteiger partial charge is 0.466 e. The number of esters is 1. The highest BCUT2D eigenvalue weighted by Gasteiger charge is 2.07. The highest BCUT2D eigenvalue weighted by atomic mass is 16.7. The molecule has 1 N–H and O–H groups in total. The van der Waals surface area contributed by atoms with Gasteiger partial charge in [-0.25, -0.2) is 0 Å². The van der Waals surface area contributed by atoms with Gasteiger partial charge >= 0.3 is 5.97 Å². The van der Waals surface area contributed by atoms with Gasteiger partial charge < -0.3 is 19.5 Å². The van der Waals surface area contributed by atoms with Crippen LogP contribution in [0.5, 0.6) is 0 Å². The fraction of sp³-hybridized carbons (Fsp3) is 0.917. The molecule has 102 valence electrons. The first-order valence-electron chi connectivity index (χ1n) is 6.34. The minimum absolute atomic E-state index is 0.153. The van der Waals surface area contributed by atoms with Crippen LogP contribution in [0.25, 0.3) is 0 Å². The summed E-state index contributed by atoms with van der Waals surface area (Å²) in [7, 11) is 0. The molecule has 0 amide bonds. The molecule has 0 atom stereocenters. The van der Waals surface area contributed by atoms with Gasteiger partial charge in [-0.1, -0.05) is 0 Å². The molecule has 0 aliphatic carbocycles. The average molecular weight is 247 g/mol. The van der Waals surface area contributed by atoms with Crippen molar-refractivity contribution >= 4 is 5.97 Å². The number of hydrogen-bond acceptors (Lipinski definition) is 5. The Morgan fingerprint density at radius 1 is 1.06 bits per heavy atom. The van der Waals surface area contributed by atoms with Crippen molar-refractivity contribution in [1.29, 1.82) is 0 Å². The molecule has 0 aromatic carbocycles. The Morgan fingerprint density at radius 3 is 2.24 bits per heavy atom. The van der Waals surface area contributed by atoms with E-state index in [0.29, 0.717) is 32.8 Å². The minimum atomic E-state index is -0.161. The van der Waals surface area contributed by atoms with Crippen molar-refractivity contribution in [2.24, 2.45) is 0 Å². The van der Waals surface area contributed by atoms with Gasteiger partial charge in [-0.15, -0.1) is 0 Å². The summed E-state index contributed by atoms with van der Waals surface area (Å²) < 4.78 is 15.6. The third kappa shape index (κ3) is 10.2. The van der Waals surface area contributed by atoms with Crippen LogP contribution < -0.4 is 5.32 Å². The Bertz CT molecular complexity index is 181. The van der Waals surface area contributed by atoms with E-state index in [1.807, 2.05) is 13.8 Å². The maximum Gasteiger partial charge on any atom is 0.307 e. The van der Waals surface area contributed by atoms with E-state index in [1.54, 1.807) is 6.92 Å². The molecule has 0 radical (unpaired) electrons. The average Bonchev–Trinajstić information content (AvgIpc) is 2.29. The summed E-state index contributed by atoms with van der Waals surface area (Å²) in [4.78, 5) is 11.0. The summed E-state index contributed by atoms with van der Waals surface area (Å²) in [5.41, 5.74) is 0. The van der Waals surface area contributed by atoms with E-state index < -0.39 is 0 Å². The number of nitrogens with one attached hydrogen (secondary N) is 1. The van der Waals surface area contributed by atoms with Gasteiger partial charge in [-0.2, -0.15) is 0 Å². The van der Waals surface area contributed by atoms with Crippen molar-refractivity contribution in [3.05, 3.63) is 0 Å². The first kappa shape index (κ1) is 16.4. The number of ether oxygens (including phenoxy) is 3. The quantitative estimate of drug-likeness (QED) is 0.339. The molecule has 0 saturated carbocycles. The third-order valence-electron chi connectivity index (χ3n) is 2.07. The van der Waals surface area contributed by atoms with E-state index in [0.717, 1.165) is 13.0 Å². The SMILES string of the molecule is CCOC(=O)CCNCCC(OCC)OCC. The van der Waals surface area contributed by atoms with Crippen LogP contribution in [0.4, 0.5) is 0 Å². The summed E-state index contributed by atoms with van der Waals surface area (Å²) in [6.45, 7) is 8.82. The van der Waals surface area contributed by atoms with Crippen LogP contribution >= 0.6 is 0 Å². The lowest BCUT2D eigenvalue weighted by atomic mass is 10.3. The van der Waals surface area contributed by atoms with Gasteiger partial charge in [-0.3, -0.25) is 4.79 Å². The highest BCUT2D eigenvalue weighted by Crippen LogP contribution is 1.99. The van der Waals surface area contributed by atoms with Crippen LogP contribution in [0, 0.1) is 0 Å². The third-order valence-corrected chi connectivity index (χ3v) is 2.07. The number of rotatable bonds is 11. The Balaban J connectivity index is 3.44. The number of carbonyl (C=O) groups is 1. The first-order valence-corrected chi connectivity index (χ1v) is 6.34. The van der Waals surface area contributed by atoms with Gasteiger partial charge in [0.15, 0.2) is 6.29 Å². The Labute approximate surface area is 104 Å². The molecular weight excluding hydrogens is 222 g/mol. The van der Waals surface area contributed by atoms with E-state index in [2.05, 4.69) is 5.32 Å². The van der Waals surface area contributed by atoms with Crippen molar-refractivity contribution in [3.8, 4) is 0 Å². The maximum atomic E-state index is 11.0. The maximum absolute atomic E-state index is 11.0.